The highest BCUT2D eigenvalue weighted by molar-refractivity contribution is 7.10. The molecule has 5 nitrogen and oxygen atoms in total. The van der Waals surface area contributed by atoms with Gasteiger partial charge in [-0.05, 0) is 68.4 Å². The molecule has 3 aromatic rings. The van der Waals surface area contributed by atoms with Gasteiger partial charge < -0.3 is 9.73 Å². The second-order valence-corrected chi connectivity index (χ2v) is 8.39. The van der Waals surface area contributed by atoms with Crippen LogP contribution >= 0.6 is 11.3 Å². The molecule has 1 amide bonds. The molecule has 0 radical (unpaired) electrons. The largest absolute Gasteiger partial charge is 0.451 e. The molecular formula is C22H24N2O3S. The minimum absolute atomic E-state index is 0.0638. The van der Waals surface area contributed by atoms with Crippen molar-refractivity contribution in [2.24, 2.45) is 0 Å². The van der Waals surface area contributed by atoms with E-state index in [1.165, 1.54) is 23.8 Å². The van der Waals surface area contributed by atoms with Crippen LogP contribution in [0.3, 0.4) is 0 Å². The first-order valence-electron chi connectivity index (χ1n) is 9.63. The standard InChI is InChI=1S/C22H24N2O3S/c1-14-10-15(2)21-17(25)12-19(27-18(21)11-14)22(26)23-13-16(20-6-5-9-28-20)24-7-3-4-8-24/h5-6,9-12,16H,3-4,7-8,13H2,1-2H3,(H,23,26)/t16-/m0/s1. The lowest BCUT2D eigenvalue weighted by molar-refractivity contribution is 0.0911. The van der Waals surface area contributed by atoms with Gasteiger partial charge in [0.05, 0.1) is 11.4 Å². The minimum atomic E-state index is -0.348. The molecule has 1 fully saturated rings. The molecule has 0 spiro atoms. The van der Waals surface area contributed by atoms with Crippen LogP contribution in [0.5, 0.6) is 0 Å². The number of likely N-dealkylation sites (tertiary alicyclic amines) is 1. The lowest BCUT2D eigenvalue weighted by atomic mass is 10.1. The summed E-state index contributed by atoms with van der Waals surface area (Å²) in [5.41, 5.74) is 2.14. The molecule has 0 bridgehead atoms. The van der Waals surface area contributed by atoms with E-state index in [9.17, 15) is 9.59 Å². The summed E-state index contributed by atoms with van der Waals surface area (Å²) in [5.74, 6) is -0.284. The van der Waals surface area contributed by atoms with E-state index in [1.54, 1.807) is 17.4 Å². The number of hydrogen-bond donors (Lipinski definition) is 1. The highest BCUT2D eigenvalue weighted by atomic mass is 32.1. The molecule has 1 saturated heterocycles. The summed E-state index contributed by atoms with van der Waals surface area (Å²) in [5, 5.41) is 5.58. The molecule has 146 valence electrons. The molecule has 1 N–H and O–H groups in total. The minimum Gasteiger partial charge on any atom is -0.451 e. The normalized spacial score (nSPS) is 15.8. The first kappa shape index (κ1) is 18.9. The molecule has 28 heavy (non-hydrogen) atoms. The van der Waals surface area contributed by atoms with Crippen LogP contribution in [-0.2, 0) is 0 Å². The van der Waals surface area contributed by atoms with E-state index in [0.717, 1.165) is 24.2 Å². The zero-order valence-electron chi connectivity index (χ0n) is 16.2. The fraction of sp³-hybridized carbons (Fsp3) is 0.364. The molecule has 1 atom stereocenters. The van der Waals surface area contributed by atoms with Gasteiger partial charge in [0.15, 0.2) is 11.2 Å². The Bertz CT molecular complexity index is 1050. The molecule has 1 aliphatic heterocycles. The summed E-state index contributed by atoms with van der Waals surface area (Å²) in [6.45, 7) is 6.41. The van der Waals surface area contributed by atoms with Crippen molar-refractivity contribution in [1.29, 1.82) is 0 Å². The number of carbonyl (C=O) groups is 1. The number of nitrogens with one attached hydrogen (secondary N) is 1. The van der Waals surface area contributed by atoms with E-state index < -0.39 is 0 Å². The van der Waals surface area contributed by atoms with Crippen molar-refractivity contribution >= 4 is 28.2 Å². The SMILES string of the molecule is Cc1cc(C)c2c(=O)cc(C(=O)NC[C@@H](c3cccs3)N3CCCC3)oc2c1. The van der Waals surface area contributed by atoms with Crippen LogP contribution in [0, 0.1) is 13.8 Å². The first-order valence-corrected chi connectivity index (χ1v) is 10.5. The quantitative estimate of drug-likeness (QED) is 0.707. The molecule has 2 aromatic heterocycles. The van der Waals surface area contributed by atoms with E-state index in [-0.39, 0.29) is 23.1 Å². The maximum absolute atomic E-state index is 12.7. The Balaban J connectivity index is 1.56. The molecule has 3 heterocycles. The summed E-state index contributed by atoms with van der Waals surface area (Å²) < 4.78 is 5.79. The number of carbonyl (C=O) groups excluding carboxylic acids is 1. The van der Waals surface area contributed by atoms with Crippen LogP contribution in [0.2, 0.25) is 0 Å². The second kappa shape index (κ2) is 7.89. The van der Waals surface area contributed by atoms with Gasteiger partial charge in [0, 0.05) is 17.5 Å². The maximum Gasteiger partial charge on any atom is 0.287 e. The Morgan fingerprint density at radius 1 is 1.25 bits per heavy atom. The van der Waals surface area contributed by atoms with Crippen molar-refractivity contribution in [2.45, 2.75) is 32.7 Å². The number of hydrogen-bond acceptors (Lipinski definition) is 5. The third kappa shape index (κ3) is 3.75. The fourth-order valence-electron chi connectivity index (χ4n) is 4.00. The molecule has 0 saturated carbocycles. The molecule has 1 aromatic carbocycles. The fourth-order valence-corrected chi connectivity index (χ4v) is 4.86. The molecule has 4 rings (SSSR count). The van der Waals surface area contributed by atoms with Crippen molar-refractivity contribution in [3.05, 3.63) is 67.7 Å². The third-order valence-electron chi connectivity index (χ3n) is 5.30. The van der Waals surface area contributed by atoms with Crippen LogP contribution in [-0.4, -0.2) is 30.4 Å². The number of aryl methyl sites for hydroxylation is 2. The van der Waals surface area contributed by atoms with Crippen molar-refractivity contribution in [3.8, 4) is 0 Å². The lowest BCUT2D eigenvalue weighted by Crippen LogP contribution is -2.36. The number of fused-ring (bicyclic) bond motifs is 1. The summed E-state index contributed by atoms with van der Waals surface area (Å²) in [6, 6.07) is 9.36. The van der Waals surface area contributed by atoms with E-state index in [4.69, 9.17) is 4.42 Å². The highest BCUT2D eigenvalue weighted by Crippen LogP contribution is 2.28. The van der Waals surface area contributed by atoms with E-state index in [0.29, 0.717) is 17.5 Å². The van der Waals surface area contributed by atoms with Crippen LogP contribution < -0.4 is 10.7 Å². The summed E-state index contributed by atoms with van der Waals surface area (Å²) in [4.78, 5) is 28.9. The van der Waals surface area contributed by atoms with Gasteiger partial charge >= 0.3 is 0 Å². The van der Waals surface area contributed by atoms with Gasteiger partial charge in [-0.2, -0.15) is 0 Å². The topological polar surface area (TPSA) is 62.6 Å². The van der Waals surface area contributed by atoms with E-state index in [1.807, 2.05) is 26.0 Å². The van der Waals surface area contributed by atoms with Crippen molar-refractivity contribution in [2.75, 3.05) is 19.6 Å². The first-order chi connectivity index (χ1) is 13.5. The van der Waals surface area contributed by atoms with E-state index >= 15 is 0 Å². The number of nitrogens with zero attached hydrogens (tertiary/aromatic N) is 1. The smallest absolute Gasteiger partial charge is 0.287 e. The van der Waals surface area contributed by atoms with Gasteiger partial charge in [0.1, 0.15) is 5.58 Å². The predicted molar refractivity (Wildman–Crippen MR) is 112 cm³/mol. The molecule has 1 aliphatic rings. The van der Waals surface area contributed by atoms with Crippen LogP contribution in [0.25, 0.3) is 11.0 Å². The Labute approximate surface area is 168 Å². The number of thiophene rings is 1. The Morgan fingerprint density at radius 2 is 2.04 bits per heavy atom. The third-order valence-corrected chi connectivity index (χ3v) is 6.28. The monoisotopic (exact) mass is 396 g/mol. The van der Waals surface area contributed by atoms with Gasteiger partial charge in [0.2, 0.25) is 0 Å². The van der Waals surface area contributed by atoms with Crippen LogP contribution in [0.15, 0.2) is 44.9 Å². The Kier molecular flexibility index (Phi) is 5.33. The Morgan fingerprint density at radius 3 is 2.75 bits per heavy atom. The average Bonchev–Trinajstić information content (AvgIpc) is 3.35. The van der Waals surface area contributed by atoms with E-state index in [2.05, 4.69) is 21.7 Å². The average molecular weight is 397 g/mol. The molecule has 0 aliphatic carbocycles. The maximum atomic E-state index is 12.7. The summed E-state index contributed by atoms with van der Waals surface area (Å²) in [6.07, 6.45) is 2.38. The predicted octanol–water partition coefficient (Wildman–Crippen LogP) is 4.04. The highest BCUT2D eigenvalue weighted by Gasteiger charge is 2.25. The zero-order chi connectivity index (χ0) is 19.7. The number of amides is 1. The Hall–Kier alpha value is -2.44. The summed E-state index contributed by atoms with van der Waals surface area (Å²) in [7, 11) is 0. The van der Waals surface area contributed by atoms with Gasteiger partial charge in [-0.25, -0.2) is 0 Å². The summed E-state index contributed by atoms with van der Waals surface area (Å²) >= 11 is 1.71. The molecule has 0 unspecified atom stereocenters. The van der Waals surface area contributed by atoms with Crippen molar-refractivity contribution in [3.63, 3.8) is 0 Å². The van der Waals surface area contributed by atoms with Gasteiger partial charge in [-0.1, -0.05) is 12.1 Å². The zero-order valence-corrected chi connectivity index (χ0v) is 17.0. The number of rotatable bonds is 5. The molecule has 6 heteroatoms. The van der Waals surface area contributed by atoms with Gasteiger partial charge in [-0.15, -0.1) is 11.3 Å². The van der Waals surface area contributed by atoms with Gasteiger partial charge in [-0.3, -0.25) is 14.5 Å². The second-order valence-electron chi connectivity index (χ2n) is 7.41. The van der Waals surface area contributed by atoms with Crippen LogP contribution in [0.4, 0.5) is 0 Å². The lowest BCUT2D eigenvalue weighted by Gasteiger charge is -2.26. The van der Waals surface area contributed by atoms with Crippen molar-refractivity contribution < 1.29 is 9.21 Å². The van der Waals surface area contributed by atoms with Crippen LogP contribution in [0.1, 0.15) is 45.4 Å². The van der Waals surface area contributed by atoms with Gasteiger partial charge in [0.25, 0.3) is 5.91 Å². The van der Waals surface area contributed by atoms with Crippen molar-refractivity contribution in [1.82, 2.24) is 10.2 Å². The number of benzene rings is 1. The molecular weight excluding hydrogens is 372 g/mol.